The summed E-state index contributed by atoms with van der Waals surface area (Å²) < 4.78 is 5.31. The standard InChI is InChI=1S/C19H23N3O2/c1-12-16-17(14-8-5-9-15(14)21-19(16)24-22-12)18(23)20-11-10-13-6-3-2-4-7-13/h6H,2-5,7-11H2,1H3,(H,20,23). The predicted octanol–water partition coefficient (Wildman–Crippen LogP) is 3.64. The van der Waals surface area contributed by atoms with Crippen LogP contribution in [0.25, 0.3) is 11.1 Å². The highest BCUT2D eigenvalue weighted by Gasteiger charge is 2.26. The number of aromatic nitrogens is 2. The first-order valence-corrected chi connectivity index (χ1v) is 8.98. The highest BCUT2D eigenvalue weighted by Crippen LogP contribution is 2.31. The Morgan fingerprint density at radius 2 is 2.17 bits per heavy atom. The fourth-order valence-corrected chi connectivity index (χ4v) is 3.92. The van der Waals surface area contributed by atoms with Gasteiger partial charge < -0.3 is 9.84 Å². The molecule has 0 atom stereocenters. The molecule has 0 saturated carbocycles. The maximum atomic E-state index is 12.9. The first kappa shape index (κ1) is 15.4. The molecule has 24 heavy (non-hydrogen) atoms. The van der Waals surface area contributed by atoms with E-state index >= 15 is 0 Å². The molecule has 1 amide bonds. The average molecular weight is 325 g/mol. The fourth-order valence-electron chi connectivity index (χ4n) is 3.92. The zero-order chi connectivity index (χ0) is 16.5. The number of carbonyl (C=O) groups excluding carboxylic acids is 1. The maximum Gasteiger partial charge on any atom is 0.259 e. The van der Waals surface area contributed by atoms with Crippen molar-refractivity contribution in [2.45, 2.75) is 58.3 Å². The van der Waals surface area contributed by atoms with Crippen LogP contribution in [-0.4, -0.2) is 22.6 Å². The van der Waals surface area contributed by atoms with E-state index in [2.05, 4.69) is 21.5 Å². The molecule has 2 heterocycles. The van der Waals surface area contributed by atoms with Gasteiger partial charge in [0, 0.05) is 12.2 Å². The van der Waals surface area contributed by atoms with E-state index in [4.69, 9.17) is 4.52 Å². The molecule has 4 rings (SSSR count). The second-order valence-electron chi connectivity index (χ2n) is 6.83. The van der Waals surface area contributed by atoms with Gasteiger partial charge in [-0.3, -0.25) is 4.79 Å². The van der Waals surface area contributed by atoms with Crippen molar-refractivity contribution in [3.05, 3.63) is 34.2 Å². The quantitative estimate of drug-likeness (QED) is 0.871. The lowest BCUT2D eigenvalue weighted by atomic mass is 9.97. The van der Waals surface area contributed by atoms with Crippen LogP contribution in [0.2, 0.25) is 0 Å². The molecule has 0 radical (unpaired) electrons. The highest BCUT2D eigenvalue weighted by molar-refractivity contribution is 6.07. The van der Waals surface area contributed by atoms with Crippen molar-refractivity contribution in [3.63, 3.8) is 0 Å². The van der Waals surface area contributed by atoms with Crippen LogP contribution in [0.3, 0.4) is 0 Å². The Kier molecular flexibility index (Phi) is 4.08. The second-order valence-corrected chi connectivity index (χ2v) is 6.83. The third kappa shape index (κ3) is 2.72. The van der Waals surface area contributed by atoms with Gasteiger partial charge in [0.1, 0.15) is 0 Å². The van der Waals surface area contributed by atoms with Crippen molar-refractivity contribution in [1.82, 2.24) is 15.5 Å². The first-order valence-electron chi connectivity index (χ1n) is 8.98. The number of amides is 1. The lowest BCUT2D eigenvalue weighted by molar-refractivity contribution is 0.0954. The third-order valence-corrected chi connectivity index (χ3v) is 5.17. The van der Waals surface area contributed by atoms with Crippen LogP contribution in [-0.2, 0) is 12.8 Å². The van der Waals surface area contributed by atoms with Crippen molar-refractivity contribution in [1.29, 1.82) is 0 Å². The minimum Gasteiger partial charge on any atom is -0.352 e. The Hall–Kier alpha value is -2.17. The van der Waals surface area contributed by atoms with Gasteiger partial charge in [-0.05, 0) is 63.9 Å². The van der Waals surface area contributed by atoms with Crippen molar-refractivity contribution >= 4 is 17.0 Å². The normalized spacial score (nSPS) is 17.0. The Bertz CT molecular complexity index is 820. The molecule has 0 saturated heterocycles. The Morgan fingerprint density at radius 3 is 3.00 bits per heavy atom. The molecule has 0 spiro atoms. The molecule has 126 valence electrons. The first-order chi connectivity index (χ1) is 11.7. The molecule has 0 bridgehead atoms. The summed E-state index contributed by atoms with van der Waals surface area (Å²) in [4.78, 5) is 17.4. The molecule has 1 N–H and O–H groups in total. The molecular formula is C19H23N3O2. The summed E-state index contributed by atoms with van der Waals surface area (Å²) in [5, 5.41) is 7.90. The number of nitrogens with zero attached hydrogens (tertiary/aromatic N) is 2. The van der Waals surface area contributed by atoms with E-state index in [0.717, 1.165) is 53.6 Å². The SMILES string of the molecule is Cc1noc2nc3c(c(C(=O)NCCC4=CCCCC4)c12)CCC3. The lowest BCUT2D eigenvalue weighted by Crippen LogP contribution is -2.26. The van der Waals surface area contributed by atoms with Crippen LogP contribution < -0.4 is 5.32 Å². The number of aryl methyl sites for hydroxylation is 2. The molecule has 5 heteroatoms. The minimum absolute atomic E-state index is 0.0109. The van der Waals surface area contributed by atoms with Gasteiger partial charge in [0.05, 0.1) is 16.6 Å². The summed E-state index contributed by atoms with van der Waals surface area (Å²) in [5.41, 5.74) is 5.54. The number of nitrogens with one attached hydrogen (secondary N) is 1. The highest BCUT2D eigenvalue weighted by atomic mass is 16.5. The molecule has 2 aliphatic carbocycles. The van der Waals surface area contributed by atoms with E-state index in [1.165, 1.54) is 31.3 Å². The van der Waals surface area contributed by atoms with Gasteiger partial charge in [-0.2, -0.15) is 0 Å². The second kappa shape index (κ2) is 6.38. The van der Waals surface area contributed by atoms with Crippen molar-refractivity contribution < 1.29 is 9.32 Å². The number of carbonyl (C=O) groups is 1. The number of fused-ring (bicyclic) bond motifs is 2. The largest absolute Gasteiger partial charge is 0.352 e. The Labute approximate surface area is 141 Å². The molecule has 2 aromatic rings. The summed E-state index contributed by atoms with van der Waals surface area (Å²) >= 11 is 0. The van der Waals surface area contributed by atoms with Crippen LogP contribution in [0.1, 0.15) is 65.8 Å². The summed E-state index contributed by atoms with van der Waals surface area (Å²) in [5.74, 6) is -0.0109. The summed E-state index contributed by atoms with van der Waals surface area (Å²) in [6, 6.07) is 0. The van der Waals surface area contributed by atoms with Gasteiger partial charge in [-0.25, -0.2) is 4.98 Å². The van der Waals surface area contributed by atoms with Crippen LogP contribution in [0.4, 0.5) is 0 Å². The summed E-state index contributed by atoms with van der Waals surface area (Å²) in [6.07, 6.45) is 11.1. The number of rotatable bonds is 4. The average Bonchev–Trinajstić information content (AvgIpc) is 3.20. The summed E-state index contributed by atoms with van der Waals surface area (Å²) in [7, 11) is 0. The van der Waals surface area contributed by atoms with Gasteiger partial charge in [-0.1, -0.05) is 16.8 Å². The smallest absolute Gasteiger partial charge is 0.259 e. The number of pyridine rings is 1. The molecular weight excluding hydrogens is 302 g/mol. The van der Waals surface area contributed by atoms with Crippen LogP contribution >= 0.6 is 0 Å². The predicted molar refractivity (Wildman–Crippen MR) is 92.1 cm³/mol. The zero-order valence-corrected chi connectivity index (χ0v) is 14.2. The van der Waals surface area contributed by atoms with Gasteiger partial charge in [0.2, 0.25) is 0 Å². The molecule has 2 aliphatic rings. The van der Waals surface area contributed by atoms with E-state index in [0.29, 0.717) is 12.3 Å². The molecule has 2 aromatic heterocycles. The molecule has 0 aromatic carbocycles. The lowest BCUT2D eigenvalue weighted by Gasteiger charge is -2.14. The van der Waals surface area contributed by atoms with E-state index in [1.54, 1.807) is 0 Å². The van der Waals surface area contributed by atoms with Crippen LogP contribution in [0, 0.1) is 6.92 Å². The monoisotopic (exact) mass is 325 g/mol. The van der Waals surface area contributed by atoms with Gasteiger partial charge in [0.25, 0.3) is 11.6 Å². The van der Waals surface area contributed by atoms with Gasteiger partial charge >= 0.3 is 0 Å². The molecule has 0 fully saturated rings. The van der Waals surface area contributed by atoms with Crippen molar-refractivity contribution in [2.75, 3.05) is 6.54 Å². The fraction of sp³-hybridized carbons (Fsp3) is 0.526. The van der Waals surface area contributed by atoms with E-state index in [9.17, 15) is 4.79 Å². The van der Waals surface area contributed by atoms with E-state index in [-0.39, 0.29) is 5.91 Å². The minimum atomic E-state index is -0.0109. The molecule has 0 unspecified atom stereocenters. The topological polar surface area (TPSA) is 68.0 Å². The number of hydrogen-bond acceptors (Lipinski definition) is 4. The zero-order valence-electron chi connectivity index (χ0n) is 14.2. The molecule has 0 aliphatic heterocycles. The van der Waals surface area contributed by atoms with E-state index < -0.39 is 0 Å². The van der Waals surface area contributed by atoms with Crippen LogP contribution in [0.15, 0.2) is 16.2 Å². The number of hydrogen-bond donors (Lipinski definition) is 1. The maximum absolute atomic E-state index is 12.9. The van der Waals surface area contributed by atoms with Crippen molar-refractivity contribution in [2.24, 2.45) is 0 Å². The third-order valence-electron chi connectivity index (χ3n) is 5.17. The van der Waals surface area contributed by atoms with Gasteiger partial charge in [-0.15, -0.1) is 0 Å². The van der Waals surface area contributed by atoms with Gasteiger partial charge in [0.15, 0.2) is 0 Å². The van der Waals surface area contributed by atoms with Crippen LogP contribution in [0.5, 0.6) is 0 Å². The Morgan fingerprint density at radius 1 is 1.25 bits per heavy atom. The number of allylic oxidation sites excluding steroid dienone is 1. The Balaban J connectivity index is 1.57. The van der Waals surface area contributed by atoms with E-state index in [1.807, 2.05) is 6.92 Å². The summed E-state index contributed by atoms with van der Waals surface area (Å²) in [6.45, 7) is 2.56. The molecule has 5 nitrogen and oxygen atoms in total. The van der Waals surface area contributed by atoms with Crippen molar-refractivity contribution in [3.8, 4) is 0 Å².